The number of hydrogen-bond acceptors (Lipinski definition) is 5. The van der Waals surface area contributed by atoms with Crippen molar-refractivity contribution in [3.05, 3.63) is 41.4 Å². The van der Waals surface area contributed by atoms with Gasteiger partial charge in [-0.2, -0.15) is 5.10 Å². The van der Waals surface area contributed by atoms with E-state index in [2.05, 4.69) is 54.5 Å². The normalized spacial score (nSPS) is 25.7. The number of hydrogen-bond donors (Lipinski definition) is 1. The number of nitrogens with one attached hydrogen (secondary N) is 1. The van der Waals surface area contributed by atoms with Gasteiger partial charge in [0.1, 0.15) is 0 Å². The summed E-state index contributed by atoms with van der Waals surface area (Å²) in [5.74, 6) is 0.696. The number of aliphatic imine (C=N–C) groups is 2. The molecular weight excluding hydrogens is 354 g/mol. The Morgan fingerprint density at radius 1 is 1.44 bits per heavy atom. The highest BCUT2D eigenvalue weighted by molar-refractivity contribution is 7.98. The van der Waals surface area contributed by atoms with E-state index in [9.17, 15) is 0 Å². The molecule has 0 spiro atoms. The Kier molecular flexibility index (Phi) is 6.50. The Bertz CT molecular complexity index is 802. The van der Waals surface area contributed by atoms with E-state index in [1.807, 2.05) is 12.2 Å². The van der Waals surface area contributed by atoms with Crippen LogP contribution in [-0.4, -0.2) is 46.4 Å². The average molecular weight is 384 g/mol. The molecule has 1 fully saturated rings. The van der Waals surface area contributed by atoms with Crippen LogP contribution in [0.4, 0.5) is 0 Å². The molecule has 3 atom stereocenters. The van der Waals surface area contributed by atoms with Crippen LogP contribution in [0.25, 0.3) is 12.2 Å². The predicted molar refractivity (Wildman–Crippen MR) is 119 cm³/mol. The van der Waals surface area contributed by atoms with E-state index in [1.54, 1.807) is 18.0 Å². The Morgan fingerprint density at radius 3 is 2.89 bits per heavy atom. The van der Waals surface area contributed by atoms with Crippen LogP contribution in [0.5, 0.6) is 0 Å². The Hall–Kier alpha value is -1.92. The van der Waals surface area contributed by atoms with Crippen molar-refractivity contribution >= 4 is 36.3 Å². The van der Waals surface area contributed by atoms with E-state index in [0.29, 0.717) is 18.0 Å². The van der Waals surface area contributed by atoms with Crippen molar-refractivity contribution in [3.63, 3.8) is 0 Å². The first-order valence-electron chi connectivity index (χ1n) is 9.48. The molecule has 1 aromatic rings. The number of allylic oxidation sites excluding steroid dienone is 2. The van der Waals surface area contributed by atoms with Gasteiger partial charge in [0.05, 0.1) is 29.0 Å². The van der Waals surface area contributed by atoms with Crippen LogP contribution < -0.4 is 5.32 Å². The van der Waals surface area contributed by atoms with Gasteiger partial charge in [0.25, 0.3) is 0 Å². The summed E-state index contributed by atoms with van der Waals surface area (Å²) in [7, 11) is 0. The molecule has 0 aromatic carbocycles. The smallest absolute Gasteiger partial charge is 0.0951 e. The van der Waals surface area contributed by atoms with E-state index in [4.69, 9.17) is 10.1 Å². The highest BCUT2D eigenvalue weighted by atomic mass is 32.2. The Morgan fingerprint density at radius 2 is 2.26 bits per heavy atom. The summed E-state index contributed by atoms with van der Waals surface area (Å²) in [6.07, 6.45) is 13.3. The van der Waals surface area contributed by atoms with E-state index >= 15 is 0 Å². The molecule has 1 aromatic heterocycles. The maximum absolute atomic E-state index is 4.88. The van der Waals surface area contributed by atoms with Crippen LogP contribution in [0, 0.1) is 0 Å². The minimum Gasteiger partial charge on any atom is -0.311 e. The lowest BCUT2D eigenvalue weighted by atomic mass is 9.95. The minimum absolute atomic E-state index is 0.263. The van der Waals surface area contributed by atoms with Gasteiger partial charge in [-0.3, -0.25) is 14.7 Å². The Labute approximate surface area is 166 Å². The van der Waals surface area contributed by atoms with Crippen LogP contribution in [0.15, 0.2) is 34.4 Å². The van der Waals surface area contributed by atoms with Gasteiger partial charge in [-0.15, -0.1) is 11.8 Å². The third kappa shape index (κ3) is 4.17. The lowest BCUT2D eigenvalue weighted by Crippen LogP contribution is -2.30. The van der Waals surface area contributed by atoms with Crippen LogP contribution in [-0.2, 0) is 0 Å². The summed E-state index contributed by atoms with van der Waals surface area (Å²) in [5, 5.41) is 8.57. The van der Waals surface area contributed by atoms with Gasteiger partial charge in [0.2, 0.25) is 0 Å². The zero-order chi connectivity index (χ0) is 19.4. The quantitative estimate of drug-likeness (QED) is 0.713. The highest BCUT2D eigenvalue weighted by Crippen LogP contribution is 2.31. The van der Waals surface area contributed by atoms with Crippen LogP contribution in [0.2, 0.25) is 0 Å². The zero-order valence-corrected chi connectivity index (χ0v) is 17.3. The number of fused-ring (bicyclic) bond motifs is 1. The number of thioether (sulfide) groups is 1. The molecule has 0 saturated carbocycles. The number of nitrogens with zero attached hydrogens (tertiary/aromatic N) is 4. The van der Waals surface area contributed by atoms with Crippen molar-refractivity contribution in [2.75, 3.05) is 12.1 Å². The predicted octanol–water partition coefficient (Wildman–Crippen LogP) is 4.34. The number of rotatable bonds is 7. The standard InChI is InChI=1S/C21H29N5S/c1-6-19-18-10-8-16(12-22-4)20(23-13-27-5)21(18)26(25-19)15(3)11-17-9-7-14(2)24-17/h6,8,10,12,14-15,17,24H,1,4,7,9,11,13H2,2-3,5H3/b16-12-,23-20?. The van der Waals surface area contributed by atoms with Crippen molar-refractivity contribution in [1.82, 2.24) is 15.1 Å². The molecule has 1 saturated heterocycles. The van der Waals surface area contributed by atoms with E-state index in [-0.39, 0.29) is 6.04 Å². The summed E-state index contributed by atoms with van der Waals surface area (Å²) in [6, 6.07) is 1.41. The van der Waals surface area contributed by atoms with Crippen molar-refractivity contribution in [2.45, 2.75) is 51.2 Å². The maximum Gasteiger partial charge on any atom is 0.0951 e. The van der Waals surface area contributed by atoms with E-state index < -0.39 is 0 Å². The summed E-state index contributed by atoms with van der Waals surface area (Å²) in [5.41, 5.74) is 4.97. The molecule has 1 N–H and O–H groups in total. The molecule has 3 unspecified atom stereocenters. The van der Waals surface area contributed by atoms with Crippen LogP contribution in [0.3, 0.4) is 0 Å². The van der Waals surface area contributed by atoms with Gasteiger partial charge >= 0.3 is 0 Å². The molecule has 2 heterocycles. The fraction of sp³-hybridized carbons (Fsp3) is 0.476. The first-order chi connectivity index (χ1) is 13.1. The zero-order valence-electron chi connectivity index (χ0n) is 16.5. The van der Waals surface area contributed by atoms with Crippen LogP contribution in [0.1, 0.15) is 56.1 Å². The number of aromatic nitrogens is 2. The summed E-state index contributed by atoms with van der Waals surface area (Å²) in [6.45, 7) is 12.1. The largest absolute Gasteiger partial charge is 0.311 e. The lowest BCUT2D eigenvalue weighted by Gasteiger charge is -2.22. The highest BCUT2D eigenvalue weighted by Gasteiger charge is 2.29. The van der Waals surface area contributed by atoms with Crippen molar-refractivity contribution in [1.29, 1.82) is 0 Å². The minimum atomic E-state index is 0.263. The molecule has 1 aliphatic carbocycles. The summed E-state index contributed by atoms with van der Waals surface area (Å²) in [4.78, 5) is 8.81. The molecule has 0 bridgehead atoms. The molecule has 2 aliphatic rings. The second-order valence-corrected chi connectivity index (χ2v) is 8.08. The van der Waals surface area contributed by atoms with Crippen molar-refractivity contribution in [3.8, 4) is 0 Å². The van der Waals surface area contributed by atoms with Gasteiger partial charge in [-0.25, -0.2) is 0 Å². The maximum atomic E-state index is 4.88. The summed E-state index contributed by atoms with van der Waals surface area (Å²) >= 11 is 1.70. The average Bonchev–Trinajstić information content (AvgIpc) is 3.24. The summed E-state index contributed by atoms with van der Waals surface area (Å²) < 4.78 is 2.14. The van der Waals surface area contributed by atoms with Gasteiger partial charge in [0, 0.05) is 29.4 Å². The second kappa shape index (κ2) is 8.85. The van der Waals surface area contributed by atoms with Gasteiger partial charge in [0.15, 0.2) is 0 Å². The third-order valence-electron chi connectivity index (χ3n) is 5.19. The van der Waals surface area contributed by atoms with Crippen LogP contribution >= 0.6 is 11.8 Å². The van der Waals surface area contributed by atoms with Crippen molar-refractivity contribution < 1.29 is 0 Å². The van der Waals surface area contributed by atoms with Gasteiger partial charge < -0.3 is 5.32 Å². The fourth-order valence-corrected chi connectivity index (χ4v) is 4.20. The molecule has 3 rings (SSSR count). The fourth-order valence-electron chi connectivity index (χ4n) is 3.94. The van der Waals surface area contributed by atoms with E-state index in [0.717, 1.165) is 34.7 Å². The van der Waals surface area contributed by atoms with Crippen molar-refractivity contribution in [2.24, 2.45) is 9.98 Å². The molecule has 5 nitrogen and oxygen atoms in total. The lowest BCUT2D eigenvalue weighted by molar-refractivity contribution is 0.391. The molecule has 1 aliphatic heterocycles. The first kappa shape index (κ1) is 19.8. The second-order valence-electron chi connectivity index (χ2n) is 7.25. The molecule has 144 valence electrons. The third-order valence-corrected chi connectivity index (χ3v) is 5.58. The SMILES string of the molecule is C=Cc1nn(C(C)CC2CCC(C)N2)c2c1C=C/C(=C/N=C)C2=NCSC. The molecule has 0 radical (unpaired) electrons. The first-order valence-corrected chi connectivity index (χ1v) is 10.9. The molecular formula is C21H29N5S. The van der Waals surface area contributed by atoms with Gasteiger partial charge in [-0.1, -0.05) is 12.7 Å². The monoisotopic (exact) mass is 383 g/mol. The molecule has 6 heteroatoms. The molecule has 27 heavy (non-hydrogen) atoms. The van der Waals surface area contributed by atoms with Gasteiger partial charge in [-0.05, 0) is 58.2 Å². The van der Waals surface area contributed by atoms with E-state index in [1.165, 1.54) is 12.8 Å². The Balaban J connectivity index is 2.02. The molecule has 0 amide bonds. The topological polar surface area (TPSA) is 54.6 Å².